The number of hydrogen-bond acceptors (Lipinski definition) is 1. The SMILES string of the molecule is CCC(CC1CC1)NC1CC(C)CC(C)C1. The molecule has 0 spiro atoms. The standard InChI is InChI=1S/C15H29N/c1-4-14(10-13-5-6-13)16-15-8-11(2)7-12(3)9-15/h11-16H,4-10H2,1-3H3. The van der Waals surface area contributed by atoms with Crippen molar-refractivity contribution < 1.29 is 0 Å². The van der Waals surface area contributed by atoms with Gasteiger partial charge in [-0.05, 0) is 49.9 Å². The molecule has 0 radical (unpaired) electrons. The van der Waals surface area contributed by atoms with E-state index in [0.717, 1.165) is 29.8 Å². The molecular weight excluding hydrogens is 194 g/mol. The lowest BCUT2D eigenvalue weighted by atomic mass is 9.80. The molecule has 1 N–H and O–H groups in total. The topological polar surface area (TPSA) is 12.0 Å². The Bertz CT molecular complexity index is 199. The Morgan fingerprint density at radius 2 is 1.69 bits per heavy atom. The van der Waals surface area contributed by atoms with Crippen LogP contribution in [0.25, 0.3) is 0 Å². The van der Waals surface area contributed by atoms with Gasteiger partial charge >= 0.3 is 0 Å². The first-order valence-electron chi connectivity index (χ1n) is 7.43. The molecular formula is C15H29N. The van der Waals surface area contributed by atoms with Gasteiger partial charge in [0.05, 0.1) is 0 Å². The minimum Gasteiger partial charge on any atom is -0.311 e. The maximum atomic E-state index is 3.94. The van der Waals surface area contributed by atoms with Gasteiger partial charge in [-0.15, -0.1) is 0 Å². The first kappa shape index (κ1) is 12.4. The van der Waals surface area contributed by atoms with Gasteiger partial charge in [0.1, 0.15) is 0 Å². The quantitative estimate of drug-likeness (QED) is 0.743. The Morgan fingerprint density at radius 1 is 1.06 bits per heavy atom. The van der Waals surface area contributed by atoms with E-state index in [-0.39, 0.29) is 0 Å². The fourth-order valence-corrected chi connectivity index (χ4v) is 3.52. The van der Waals surface area contributed by atoms with Crippen LogP contribution in [0, 0.1) is 17.8 Å². The van der Waals surface area contributed by atoms with Crippen LogP contribution in [0.3, 0.4) is 0 Å². The Morgan fingerprint density at radius 3 is 2.19 bits per heavy atom. The van der Waals surface area contributed by atoms with Gasteiger partial charge in [0.15, 0.2) is 0 Å². The summed E-state index contributed by atoms with van der Waals surface area (Å²) in [5.74, 6) is 2.93. The van der Waals surface area contributed by atoms with E-state index in [1.807, 2.05) is 0 Å². The molecule has 2 aliphatic rings. The van der Waals surface area contributed by atoms with Gasteiger partial charge in [-0.2, -0.15) is 0 Å². The Hall–Kier alpha value is -0.0400. The van der Waals surface area contributed by atoms with E-state index < -0.39 is 0 Å². The highest BCUT2D eigenvalue weighted by atomic mass is 15.0. The average Bonchev–Trinajstić information content (AvgIpc) is 2.99. The lowest BCUT2D eigenvalue weighted by Gasteiger charge is -2.34. The van der Waals surface area contributed by atoms with Crippen LogP contribution in [0.1, 0.15) is 65.7 Å². The summed E-state index contributed by atoms with van der Waals surface area (Å²) in [6.07, 6.45) is 10.0. The summed E-state index contributed by atoms with van der Waals surface area (Å²) in [5, 5.41) is 3.94. The summed E-state index contributed by atoms with van der Waals surface area (Å²) >= 11 is 0. The maximum Gasteiger partial charge on any atom is 0.00747 e. The number of nitrogens with one attached hydrogen (secondary N) is 1. The number of rotatable bonds is 5. The predicted octanol–water partition coefficient (Wildman–Crippen LogP) is 3.98. The van der Waals surface area contributed by atoms with Crippen molar-refractivity contribution in [2.45, 2.75) is 77.8 Å². The molecule has 2 aliphatic carbocycles. The highest BCUT2D eigenvalue weighted by Crippen LogP contribution is 2.35. The van der Waals surface area contributed by atoms with Crippen molar-refractivity contribution in [1.82, 2.24) is 5.32 Å². The minimum atomic E-state index is 0.801. The summed E-state index contributed by atoms with van der Waals surface area (Å²) in [5.41, 5.74) is 0. The van der Waals surface area contributed by atoms with Gasteiger partial charge in [0, 0.05) is 12.1 Å². The summed E-state index contributed by atoms with van der Waals surface area (Å²) < 4.78 is 0. The van der Waals surface area contributed by atoms with E-state index in [1.54, 1.807) is 0 Å². The fourth-order valence-electron chi connectivity index (χ4n) is 3.52. The van der Waals surface area contributed by atoms with Crippen molar-refractivity contribution in [3.05, 3.63) is 0 Å². The molecule has 1 nitrogen and oxygen atoms in total. The largest absolute Gasteiger partial charge is 0.311 e. The van der Waals surface area contributed by atoms with Gasteiger partial charge < -0.3 is 5.32 Å². The van der Waals surface area contributed by atoms with Crippen molar-refractivity contribution >= 4 is 0 Å². The lowest BCUT2D eigenvalue weighted by molar-refractivity contribution is 0.219. The molecule has 0 aromatic rings. The Kier molecular flexibility index (Phi) is 4.29. The van der Waals surface area contributed by atoms with Crippen LogP contribution in [0.2, 0.25) is 0 Å². The molecule has 3 atom stereocenters. The van der Waals surface area contributed by atoms with Gasteiger partial charge in [-0.3, -0.25) is 0 Å². The van der Waals surface area contributed by atoms with Crippen LogP contribution >= 0.6 is 0 Å². The van der Waals surface area contributed by atoms with E-state index in [9.17, 15) is 0 Å². The van der Waals surface area contributed by atoms with Crippen LogP contribution in [-0.2, 0) is 0 Å². The molecule has 0 amide bonds. The Balaban J connectivity index is 1.76. The first-order valence-corrected chi connectivity index (χ1v) is 7.43. The third-order valence-corrected chi connectivity index (χ3v) is 4.46. The third-order valence-electron chi connectivity index (χ3n) is 4.46. The van der Waals surface area contributed by atoms with Crippen LogP contribution < -0.4 is 5.32 Å². The molecule has 0 heterocycles. The van der Waals surface area contributed by atoms with Gasteiger partial charge in [-0.25, -0.2) is 0 Å². The Labute approximate surface area is 101 Å². The zero-order chi connectivity index (χ0) is 11.5. The predicted molar refractivity (Wildman–Crippen MR) is 70.5 cm³/mol. The normalized spacial score (nSPS) is 37.3. The third kappa shape index (κ3) is 3.76. The second kappa shape index (κ2) is 5.53. The molecule has 16 heavy (non-hydrogen) atoms. The molecule has 0 aromatic heterocycles. The summed E-state index contributed by atoms with van der Waals surface area (Å²) in [6.45, 7) is 7.19. The van der Waals surface area contributed by atoms with Crippen molar-refractivity contribution in [2.24, 2.45) is 17.8 Å². The van der Waals surface area contributed by atoms with Gasteiger partial charge in [0.25, 0.3) is 0 Å². The van der Waals surface area contributed by atoms with Crippen molar-refractivity contribution in [1.29, 1.82) is 0 Å². The maximum absolute atomic E-state index is 3.94. The molecule has 94 valence electrons. The van der Waals surface area contributed by atoms with E-state index >= 15 is 0 Å². The van der Waals surface area contributed by atoms with E-state index in [0.29, 0.717) is 0 Å². The smallest absolute Gasteiger partial charge is 0.00747 e. The molecule has 1 heteroatoms. The van der Waals surface area contributed by atoms with Crippen LogP contribution in [0.5, 0.6) is 0 Å². The molecule has 2 rings (SSSR count). The molecule has 3 unspecified atom stereocenters. The molecule has 0 saturated heterocycles. The highest BCUT2D eigenvalue weighted by molar-refractivity contribution is 4.85. The van der Waals surface area contributed by atoms with Crippen LogP contribution in [0.4, 0.5) is 0 Å². The lowest BCUT2D eigenvalue weighted by Crippen LogP contribution is -2.42. The zero-order valence-corrected chi connectivity index (χ0v) is 11.3. The van der Waals surface area contributed by atoms with Crippen molar-refractivity contribution in [3.8, 4) is 0 Å². The van der Waals surface area contributed by atoms with Crippen LogP contribution in [-0.4, -0.2) is 12.1 Å². The highest BCUT2D eigenvalue weighted by Gasteiger charge is 2.28. The summed E-state index contributed by atoms with van der Waals surface area (Å²) in [7, 11) is 0. The molecule has 0 aromatic carbocycles. The van der Waals surface area contributed by atoms with Gasteiger partial charge in [0.2, 0.25) is 0 Å². The van der Waals surface area contributed by atoms with Crippen molar-refractivity contribution in [3.63, 3.8) is 0 Å². The second-order valence-corrected chi connectivity index (χ2v) is 6.57. The number of hydrogen-bond donors (Lipinski definition) is 1. The minimum absolute atomic E-state index is 0.801. The zero-order valence-electron chi connectivity index (χ0n) is 11.3. The van der Waals surface area contributed by atoms with Gasteiger partial charge in [-0.1, -0.05) is 33.6 Å². The van der Waals surface area contributed by atoms with E-state index in [4.69, 9.17) is 0 Å². The summed E-state index contributed by atoms with van der Waals surface area (Å²) in [4.78, 5) is 0. The van der Waals surface area contributed by atoms with E-state index in [2.05, 4.69) is 26.1 Å². The monoisotopic (exact) mass is 223 g/mol. The summed E-state index contributed by atoms with van der Waals surface area (Å²) in [6, 6.07) is 1.61. The molecule has 0 bridgehead atoms. The van der Waals surface area contributed by atoms with Crippen LogP contribution in [0.15, 0.2) is 0 Å². The second-order valence-electron chi connectivity index (χ2n) is 6.57. The molecule has 2 saturated carbocycles. The first-order chi connectivity index (χ1) is 7.67. The van der Waals surface area contributed by atoms with E-state index in [1.165, 1.54) is 44.9 Å². The van der Waals surface area contributed by atoms with Crippen molar-refractivity contribution in [2.75, 3.05) is 0 Å². The fraction of sp³-hybridized carbons (Fsp3) is 1.00. The average molecular weight is 223 g/mol. The molecule has 0 aliphatic heterocycles. The molecule has 2 fully saturated rings.